The number of hydroxylamine groups is 1. The van der Waals surface area contributed by atoms with Crippen molar-refractivity contribution in [2.24, 2.45) is 16.7 Å². The smallest absolute Gasteiger partial charge is 0.337 e. The van der Waals surface area contributed by atoms with Crippen LogP contribution < -0.4 is 25.0 Å². The third-order valence-corrected chi connectivity index (χ3v) is 19.4. The summed E-state index contributed by atoms with van der Waals surface area (Å²) < 4.78 is 48.6. The van der Waals surface area contributed by atoms with Crippen LogP contribution in [0.4, 0.5) is 0 Å². The Morgan fingerprint density at radius 2 is 0.920 bits per heavy atom. The Bertz CT molecular complexity index is 3390. The average molecular weight is 1660 g/mol. The van der Waals surface area contributed by atoms with Gasteiger partial charge in [0, 0.05) is 95.2 Å². The number of fused-ring (bicyclic) bond motifs is 3. The number of esters is 4. The maximum Gasteiger partial charge on any atom is 0.337 e. The lowest BCUT2D eigenvalue weighted by molar-refractivity contribution is -0.150. The van der Waals surface area contributed by atoms with E-state index in [0.29, 0.717) is 111 Å². The molecule has 0 bridgehead atoms. The molecule has 0 aliphatic carbocycles. The lowest BCUT2D eigenvalue weighted by atomic mass is 9.80. The van der Waals surface area contributed by atoms with E-state index in [4.69, 9.17) is 38.7 Å². The molecule has 5 aromatic rings. The molecule has 4 atom stereocenters. The van der Waals surface area contributed by atoms with Crippen LogP contribution >= 0.6 is 102 Å². The van der Waals surface area contributed by atoms with Gasteiger partial charge in [0.2, 0.25) is 11.8 Å². The Kier molecular flexibility index (Phi) is 40.0. The largest absolute Gasteiger partial charge is 0.492 e. The Morgan fingerprint density at radius 1 is 0.560 bits per heavy atom. The first-order valence-corrected chi connectivity index (χ1v) is 34.4. The molecular formula is C71H97Br3N4O18S4. The first kappa shape index (κ1) is 90.5. The highest BCUT2D eigenvalue weighted by molar-refractivity contribution is 9.11. The van der Waals surface area contributed by atoms with Gasteiger partial charge >= 0.3 is 23.9 Å². The van der Waals surface area contributed by atoms with Crippen LogP contribution in [0.1, 0.15) is 153 Å². The number of carbonyl (C=O) groups excluding carboxylic acids is 7. The summed E-state index contributed by atoms with van der Waals surface area (Å²) in [6.07, 6.45) is 4.72. The lowest BCUT2D eigenvalue weighted by Crippen LogP contribution is -2.49. The van der Waals surface area contributed by atoms with Gasteiger partial charge in [0.15, 0.2) is 0 Å². The lowest BCUT2D eigenvalue weighted by Gasteiger charge is -2.38. The number of hydrogen-bond acceptors (Lipinski definition) is 19. The summed E-state index contributed by atoms with van der Waals surface area (Å²) in [5.41, 5.74) is 8.26. The van der Waals surface area contributed by atoms with Crippen LogP contribution in [0.2, 0.25) is 0 Å². The number of nitrogens with zero attached hydrogens (tertiary/aromatic N) is 2. The van der Waals surface area contributed by atoms with E-state index in [1.165, 1.54) is 28.4 Å². The van der Waals surface area contributed by atoms with Crippen LogP contribution in [0.25, 0.3) is 0 Å². The maximum absolute atomic E-state index is 13.2. The minimum atomic E-state index is -0.591. The molecule has 0 saturated carbocycles. The summed E-state index contributed by atoms with van der Waals surface area (Å²) in [4.78, 5) is 87.2. The van der Waals surface area contributed by atoms with Crippen molar-refractivity contribution in [3.05, 3.63) is 156 Å². The molecule has 5 aliphatic heterocycles. The molecule has 554 valence electrons. The fourth-order valence-electron chi connectivity index (χ4n) is 10.7. The Balaban J connectivity index is 0.000000430. The molecular weight excluding hydrogens is 1560 g/mol. The predicted octanol–water partition coefficient (Wildman–Crippen LogP) is 11.9. The standard InChI is InChI=1S/C19H25NO5.C18H24N2O5.C13H17BrO3.C12H15NO3.C9H8Br2O2.4H2S/c1-13-12-25-16-10-14(17(21)23-3)4-5-15(16)11-20(13)18(22)19(2)6-8-24-9-7-19;1-12-11-25-15-9-13(16(21)19-23)3-4-14(15)10-20(12)17(22)18(2)5-7-24-8-6-18;1-9(8-15)3-4-10-5-6-11(7-12(10)14)13(16)17-2;1-8-7-16-11-5-9(12(14)15-2)3-4-10(11)6-13-8;1-13-9(12)6-2-3-7(5-10)8(11)4-6;;;;/h4-5,10,13H,6-9,11-12H2,1-3H3;3-4,9,12,23H,5-8,10-11H2,1-2H3,(H,19,21);5-7,9,15H,3-4,8H2,1-2H3;3-5,8,13H,6-7H2,1-2H3;2-4H,5H2,1H3;4*1H2/t13-;12-;9-;8-;;;;;/m0010...../s1. The van der Waals surface area contributed by atoms with Crippen molar-refractivity contribution in [1.29, 1.82) is 0 Å². The molecule has 2 saturated heterocycles. The number of rotatable bonds is 12. The van der Waals surface area contributed by atoms with Gasteiger partial charge in [0.25, 0.3) is 5.91 Å². The normalized spacial score (nSPS) is 17.6. The molecule has 3 amide bonds. The number of alkyl halides is 1. The highest BCUT2D eigenvalue weighted by atomic mass is 79.9. The molecule has 5 aliphatic rings. The molecule has 0 spiro atoms. The van der Waals surface area contributed by atoms with E-state index in [1.54, 1.807) is 72.2 Å². The average Bonchev–Trinajstić information content (AvgIpc) is 1.60. The van der Waals surface area contributed by atoms with Crippen LogP contribution in [0.15, 0.2) is 99.9 Å². The van der Waals surface area contributed by atoms with Crippen LogP contribution in [-0.2, 0) is 69.4 Å². The summed E-state index contributed by atoms with van der Waals surface area (Å²) in [7, 11) is 5.46. The molecule has 5 aromatic carbocycles. The molecule has 0 unspecified atom stereocenters. The van der Waals surface area contributed by atoms with Crippen molar-refractivity contribution in [2.45, 2.75) is 123 Å². The summed E-state index contributed by atoms with van der Waals surface area (Å²) in [5, 5.41) is 21.8. The highest BCUT2D eigenvalue weighted by Gasteiger charge is 2.42. The van der Waals surface area contributed by atoms with Gasteiger partial charge in [0.05, 0.1) is 73.6 Å². The second-order valence-electron chi connectivity index (χ2n) is 24.6. The minimum absolute atomic E-state index is 0. The van der Waals surface area contributed by atoms with Crippen LogP contribution in [0.3, 0.4) is 0 Å². The van der Waals surface area contributed by atoms with Crippen molar-refractivity contribution in [3.63, 3.8) is 0 Å². The number of aliphatic hydroxyl groups is 1. The van der Waals surface area contributed by atoms with Crippen molar-refractivity contribution >= 4 is 143 Å². The molecule has 22 nitrogen and oxygen atoms in total. The summed E-state index contributed by atoms with van der Waals surface area (Å²) in [5.74, 6) is 0.565. The molecule has 5 heterocycles. The van der Waals surface area contributed by atoms with Gasteiger partial charge in [-0.3, -0.25) is 19.6 Å². The molecule has 0 aromatic heterocycles. The number of methoxy groups -OCH3 is 4. The first-order chi connectivity index (χ1) is 45.9. The van der Waals surface area contributed by atoms with Crippen LogP contribution in [0.5, 0.6) is 17.2 Å². The fraction of sp³-hybridized carbons (Fsp3) is 0.479. The van der Waals surface area contributed by atoms with Crippen molar-refractivity contribution in [2.75, 3.05) is 81.3 Å². The zero-order valence-corrected chi connectivity index (χ0v) is 66.9. The second-order valence-corrected chi connectivity index (χ2v) is 26.8. The maximum atomic E-state index is 13.2. The zero-order valence-electron chi connectivity index (χ0n) is 58.2. The molecule has 0 radical (unpaired) electrons. The number of aliphatic hydroxyl groups excluding tert-OH is 1. The third-order valence-electron chi connectivity index (χ3n) is 17.3. The molecule has 100 heavy (non-hydrogen) atoms. The van der Waals surface area contributed by atoms with Gasteiger partial charge in [0.1, 0.15) is 37.1 Å². The number of benzene rings is 5. The van der Waals surface area contributed by atoms with E-state index in [9.17, 15) is 33.6 Å². The Morgan fingerprint density at radius 3 is 1.31 bits per heavy atom. The number of hydrogen-bond donors (Lipinski definition) is 4. The molecule has 2 fully saturated rings. The van der Waals surface area contributed by atoms with E-state index in [1.807, 2.05) is 68.7 Å². The Hall–Kier alpha value is -5.57. The van der Waals surface area contributed by atoms with E-state index < -0.39 is 17.3 Å². The minimum Gasteiger partial charge on any atom is -0.492 e. The SMILES string of the molecule is COC(=O)c1ccc(CBr)c(Br)c1.COC(=O)c1ccc(CC[C@@H](C)CO)c(Br)c1.COC(=O)c1ccc2c(c1)OC[C@H](C)N(C(=O)C1(C)CCOCC1)C2.COC(=O)c1ccc2c(c1)OC[C@H](C)NC2.C[C@H]1COc2cc(C(=O)NO)ccc2CN1C(=O)C1(C)CCOCC1.S.S.S.S. The monoisotopic (exact) mass is 1660 g/mol. The van der Waals surface area contributed by atoms with E-state index in [-0.39, 0.29) is 108 Å². The van der Waals surface area contributed by atoms with Crippen molar-refractivity contribution in [3.8, 4) is 17.2 Å². The van der Waals surface area contributed by atoms with Gasteiger partial charge in [-0.25, -0.2) is 24.7 Å². The fourth-order valence-corrected chi connectivity index (χ4v) is 12.7. The highest BCUT2D eigenvalue weighted by Crippen LogP contribution is 2.38. The molecule has 4 N–H and O–H groups in total. The number of ether oxygens (including phenoxy) is 9. The van der Waals surface area contributed by atoms with Crippen molar-refractivity contribution in [1.82, 2.24) is 20.6 Å². The van der Waals surface area contributed by atoms with Crippen LogP contribution in [-0.4, -0.2) is 161 Å². The van der Waals surface area contributed by atoms with E-state index in [0.717, 1.165) is 92.9 Å². The molecule has 29 heteroatoms. The predicted molar refractivity (Wildman–Crippen MR) is 410 cm³/mol. The quantitative estimate of drug-likeness (QED) is 0.0297. The topological polar surface area (TPSA) is 274 Å². The van der Waals surface area contributed by atoms with E-state index >= 15 is 0 Å². The van der Waals surface area contributed by atoms with Gasteiger partial charge < -0.3 is 62.9 Å². The van der Waals surface area contributed by atoms with Crippen molar-refractivity contribution < 1.29 is 86.5 Å². The summed E-state index contributed by atoms with van der Waals surface area (Å²) in [6.45, 7) is 17.8. The van der Waals surface area contributed by atoms with Gasteiger partial charge in [-0.05, 0) is 137 Å². The first-order valence-electron chi connectivity index (χ1n) is 31.7. The number of nitrogens with one attached hydrogen (secondary N) is 2. The number of amides is 3. The van der Waals surface area contributed by atoms with Gasteiger partial charge in [-0.2, -0.15) is 54.0 Å². The summed E-state index contributed by atoms with van der Waals surface area (Å²) in [6, 6.07) is 26.6. The van der Waals surface area contributed by atoms with Gasteiger partial charge in [-0.15, -0.1) is 0 Å². The number of halogens is 3. The van der Waals surface area contributed by atoms with E-state index in [2.05, 4.69) is 74.2 Å². The summed E-state index contributed by atoms with van der Waals surface area (Å²) >= 11 is 10.2. The Labute approximate surface area is 639 Å². The third kappa shape index (κ3) is 25.4. The molecule has 10 rings (SSSR count). The second kappa shape index (κ2) is 44.2. The number of carbonyl (C=O) groups is 7. The number of aryl methyl sites for hydroxylation is 1. The zero-order chi connectivity index (χ0) is 70.3. The van der Waals surface area contributed by atoms with Crippen LogP contribution in [0, 0.1) is 16.7 Å². The van der Waals surface area contributed by atoms with Gasteiger partial charge in [-0.1, -0.05) is 98.9 Å².